The van der Waals surface area contributed by atoms with Crippen molar-refractivity contribution in [2.75, 3.05) is 11.9 Å². The van der Waals surface area contributed by atoms with E-state index in [9.17, 15) is 22.8 Å². The van der Waals surface area contributed by atoms with Crippen LogP contribution in [0, 0.1) is 0 Å². The van der Waals surface area contributed by atoms with E-state index in [-0.39, 0.29) is 5.69 Å². The van der Waals surface area contributed by atoms with Crippen molar-refractivity contribution in [2.45, 2.75) is 19.2 Å². The maximum absolute atomic E-state index is 12.6. The third-order valence-corrected chi connectivity index (χ3v) is 3.53. The number of rotatable bonds is 6. The first-order valence-electron chi connectivity index (χ1n) is 7.71. The van der Waals surface area contributed by atoms with Crippen LogP contribution in [0.1, 0.15) is 12.5 Å². The summed E-state index contributed by atoms with van der Waals surface area (Å²) in [6, 6.07) is 10.4. The van der Waals surface area contributed by atoms with Crippen LogP contribution in [-0.2, 0) is 20.5 Å². The largest absolute Gasteiger partial charge is 0.479 e. The van der Waals surface area contributed by atoms with E-state index in [1.165, 1.54) is 13.0 Å². The smallest absolute Gasteiger partial charge is 0.416 e. The van der Waals surface area contributed by atoms with Crippen LogP contribution in [0.15, 0.2) is 48.5 Å². The zero-order valence-corrected chi connectivity index (χ0v) is 14.8. The molecule has 9 heteroatoms. The number of carbonyl (C=O) groups excluding carboxylic acids is 2. The van der Waals surface area contributed by atoms with Crippen LogP contribution in [0.5, 0.6) is 5.75 Å². The fourth-order valence-electron chi connectivity index (χ4n) is 1.99. The molecule has 0 unspecified atom stereocenters. The Bertz CT molecular complexity index is 809. The lowest BCUT2D eigenvalue weighted by molar-refractivity contribution is -0.153. The van der Waals surface area contributed by atoms with Gasteiger partial charge in [-0.25, -0.2) is 4.79 Å². The number of carbonyl (C=O) groups is 2. The fraction of sp³-hybridized carbons (Fsp3) is 0.222. The Morgan fingerprint density at radius 3 is 2.44 bits per heavy atom. The van der Waals surface area contributed by atoms with Crippen LogP contribution in [-0.4, -0.2) is 24.6 Å². The van der Waals surface area contributed by atoms with Gasteiger partial charge in [0, 0.05) is 10.7 Å². The van der Waals surface area contributed by atoms with Gasteiger partial charge in [-0.3, -0.25) is 4.79 Å². The molecule has 2 aromatic carbocycles. The van der Waals surface area contributed by atoms with Crippen molar-refractivity contribution in [3.05, 3.63) is 59.1 Å². The van der Waals surface area contributed by atoms with Crippen LogP contribution < -0.4 is 10.1 Å². The molecule has 2 rings (SSSR count). The van der Waals surface area contributed by atoms with Crippen molar-refractivity contribution < 1.29 is 32.2 Å². The number of nitrogens with one attached hydrogen (secondary N) is 1. The number of hydrogen-bond donors (Lipinski definition) is 1. The molecule has 5 nitrogen and oxygen atoms in total. The van der Waals surface area contributed by atoms with E-state index in [4.69, 9.17) is 21.1 Å². The Morgan fingerprint density at radius 2 is 1.81 bits per heavy atom. The van der Waals surface area contributed by atoms with Gasteiger partial charge in [0.05, 0.1) is 5.56 Å². The van der Waals surface area contributed by atoms with Gasteiger partial charge in [-0.1, -0.05) is 17.7 Å². The van der Waals surface area contributed by atoms with Crippen molar-refractivity contribution >= 4 is 29.2 Å². The Kier molecular flexibility index (Phi) is 6.68. The van der Waals surface area contributed by atoms with E-state index in [1.807, 2.05) is 0 Å². The van der Waals surface area contributed by atoms with E-state index >= 15 is 0 Å². The summed E-state index contributed by atoms with van der Waals surface area (Å²) in [5.74, 6) is -1.19. The van der Waals surface area contributed by atoms with Crippen molar-refractivity contribution in [2.24, 2.45) is 0 Å². The number of halogens is 4. The molecule has 0 aliphatic carbocycles. The average Bonchev–Trinajstić information content (AvgIpc) is 2.61. The van der Waals surface area contributed by atoms with Crippen LogP contribution in [0.4, 0.5) is 18.9 Å². The third kappa shape index (κ3) is 6.49. The normalized spacial score (nSPS) is 12.2. The summed E-state index contributed by atoms with van der Waals surface area (Å²) in [6.07, 6.45) is -5.52. The van der Waals surface area contributed by atoms with Gasteiger partial charge < -0.3 is 14.8 Å². The summed E-state index contributed by atoms with van der Waals surface area (Å²) >= 11 is 5.74. The van der Waals surface area contributed by atoms with E-state index < -0.39 is 36.3 Å². The summed E-state index contributed by atoms with van der Waals surface area (Å²) in [4.78, 5) is 23.6. The molecule has 0 spiro atoms. The molecule has 1 N–H and O–H groups in total. The molecule has 0 heterocycles. The van der Waals surface area contributed by atoms with Crippen LogP contribution >= 0.6 is 11.6 Å². The standard InChI is InChI=1S/C18H15ClF3NO4/c1-11(27-15-7-5-13(19)6-8-15)17(25)26-10-16(24)23-14-4-2-3-12(9-14)18(20,21)22/h2-9,11H,10H2,1H3,(H,23,24)/t11-/m1/s1. The van der Waals surface area contributed by atoms with Crippen molar-refractivity contribution in [1.82, 2.24) is 0 Å². The van der Waals surface area contributed by atoms with Crippen LogP contribution in [0.25, 0.3) is 0 Å². The van der Waals surface area contributed by atoms with Crippen LogP contribution in [0.2, 0.25) is 5.02 Å². The van der Waals surface area contributed by atoms with Crippen molar-refractivity contribution in [3.63, 3.8) is 0 Å². The van der Waals surface area contributed by atoms with Gasteiger partial charge in [-0.15, -0.1) is 0 Å². The molecule has 1 amide bonds. The molecule has 1 atom stereocenters. The minimum atomic E-state index is -4.53. The highest BCUT2D eigenvalue weighted by Gasteiger charge is 2.30. The molecule has 0 saturated heterocycles. The van der Waals surface area contributed by atoms with Crippen LogP contribution in [0.3, 0.4) is 0 Å². The first-order chi connectivity index (χ1) is 12.6. The Balaban J connectivity index is 1.84. The number of alkyl halides is 3. The van der Waals surface area contributed by atoms with Gasteiger partial charge in [0.25, 0.3) is 5.91 Å². The van der Waals surface area contributed by atoms with Crippen molar-refractivity contribution in [3.8, 4) is 5.75 Å². The molecule has 0 aliphatic heterocycles. The zero-order chi connectivity index (χ0) is 20.0. The van der Waals surface area contributed by atoms with E-state index in [1.54, 1.807) is 24.3 Å². The van der Waals surface area contributed by atoms with Gasteiger partial charge in [0.1, 0.15) is 5.75 Å². The molecule has 0 saturated carbocycles. The predicted octanol–water partition coefficient (Wildman–Crippen LogP) is 4.31. The van der Waals surface area contributed by atoms with E-state index in [0.29, 0.717) is 10.8 Å². The predicted molar refractivity (Wildman–Crippen MR) is 92.6 cm³/mol. The minimum absolute atomic E-state index is 0.0589. The van der Waals surface area contributed by atoms with Crippen molar-refractivity contribution in [1.29, 1.82) is 0 Å². The first-order valence-corrected chi connectivity index (χ1v) is 8.09. The molecule has 0 radical (unpaired) electrons. The Hall–Kier alpha value is -2.74. The fourth-order valence-corrected chi connectivity index (χ4v) is 2.12. The summed E-state index contributed by atoms with van der Waals surface area (Å²) in [7, 11) is 0. The minimum Gasteiger partial charge on any atom is -0.479 e. The highest BCUT2D eigenvalue weighted by Crippen LogP contribution is 2.30. The molecule has 0 aromatic heterocycles. The highest BCUT2D eigenvalue weighted by atomic mass is 35.5. The number of esters is 1. The molecular weight excluding hydrogens is 387 g/mol. The number of anilines is 1. The second-order valence-electron chi connectivity index (χ2n) is 5.45. The molecule has 27 heavy (non-hydrogen) atoms. The van der Waals surface area contributed by atoms with Gasteiger partial charge in [0.15, 0.2) is 12.7 Å². The van der Waals surface area contributed by atoms with Gasteiger partial charge >= 0.3 is 12.1 Å². The highest BCUT2D eigenvalue weighted by molar-refractivity contribution is 6.30. The number of hydrogen-bond acceptors (Lipinski definition) is 4. The summed E-state index contributed by atoms with van der Waals surface area (Å²) < 4.78 is 48.1. The number of ether oxygens (including phenoxy) is 2. The SMILES string of the molecule is C[C@@H](Oc1ccc(Cl)cc1)C(=O)OCC(=O)Nc1cccc(C(F)(F)F)c1. The molecular formula is C18H15ClF3NO4. The first kappa shape index (κ1) is 20.6. The molecule has 144 valence electrons. The maximum Gasteiger partial charge on any atom is 0.416 e. The van der Waals surface area contributed by atoms with E-state index in [0.717, 1.165) is 18.2 Å². The second kappa shape index (κ2) is 8.77. The monoisotopic (exact) mass is 401 g/mol. The number of amides is 1. The van der Waals surface area contributed by atoms with Gasteiger partial charge in [-0.05, 0) is 49.4 Å². The summed E-state index contributed by atoms with van der Waals surface area (Å²) in [6.45, 7) is 0.769. The molecule has 0 bridgehead atoms. The lowest BCUT2D eigenvalue weighted by Gasteiger charge is -2.14. The summed E-state index contributed by atoms with van der Waals surface area (Å²) in [5, 5.41) is 2.74. The molecule has 2 aromatic rings. The quantitative estimate of drug-likeness (QED) is 0.733. The lowest BCUT2D eigenvalue weighted by atomic mass is 10.2. The Morgan fingerprint density at radius 1 is 1.15 bits per heavy atom. The topological polar surface area (TPSA) is 64.6 Å². The zero-order valence-electron chi connectivity index (χ0n) is 14.0. The maximum atomic E-state index is 12.6. The molecule has 0 aliphatic rings. The Labute approximate surface area is 158 Å². The number of benzene rings is 2. The van der Waals surface area contributed by atoms with Gasteiger partial charge in [-0.2, -0.15) is 13.2 Å². The summed E-state index contributed by atoms with van der Waals surface area (Å²) in [5.41, 5.74) is -0.960. The third-order valence-electron chi connectivity index (χ3n) is 3.28. The lowest BCUT2D eigenvalue weighted by Crippen LogP contribution is -2.29. The molecule has 0 fully saturated rings. The van der Waals surface area contributed by atoms with E-state index in [2.05, 4.69) is 5.32 Å². The second-order valence-corrected chi connectivity index (χ2v) is 5.88. The average molecular weight is 402 g/mol. The van der Waals surface area contributed by atoms with Gasteiger partial charge in [0.2, 0.25) is 0 Å².